The van der Waals surface area contributed by atoms with E-state index < -0.39 is 5.60 Å². The Hall–Kier alpha value is -3.00. The molecule has 0 spiro atoms. The molecule has 174 valence electrons. The van der Waals surface area contributed by atoms with Crippen molar-refractivity contribution in [2.45, 2.75) is 32.8 Å². The Kier molecular flexibility index (Phi) is 5.59. The summed E-state index contributed by atoms with van der Waals surface area (Å²) >= 11 is 18.8. The molecule has 0 unspecified atom stereocenters. The topological polar surface area (TPSA) is 91.9 Å². The Morgan fingerprint density at radius 3 is 2.56 bits per heavy atom. The first kappa shape index (κ1) is 22.8. The van der Waals surface area contributed by atoms with E-state index >= 15 is 0 Å². The highest BCUT2D eigenvalue weighted by molar-refractivity contribution is 6.39. The molecule has 1 aliphatic rings. The maximum atomic E-state index is 13.3. The van der Waals surface area contributed by atoms with Crippen molar-refractivity contribution in [1.82, 2.24) is 15.0 Å². The Morgan fingerprint density at radius 1 is 1.12 bits per heavy atom. The van der Waals surface area contributed by atoms with Gasteiger partial charge in [-0.1, -0.05) is 40.9 Å². The van der Waals surface area contributed by atoms with Crippen molar-refractivity contribution in [1.29, 1.82) is 0 Å². The van der Waals surface area contributed by atoms with Gasteiger partial charge in [0.25, 0.3) is 5.91 Å². The number of hydrogen-bond donors (Lipinski definition) is 3. The number of halogens is 3. The number of H-pyrrole nitrogens is 1. The van der Waals surface area contributed by atoms with Crippen molar-refractivity contribution in [3.05, 3.63) is 68.4 Å². The third-order valence-corrected chi connectivity index (χ3v) is 6.41. The standard InChI is InChI=1S/C24H20Cl3N5O2/c1-11-4-5-17(14(25)6-11)29-22(33)12-7-18-19(13-8-24(2,3)34-21(12)13)31-23(30-18)32-20-15(26)9-28-10-16(20)27/h4-7,9-10H,8H2,1-3H3,(H,29,33)(H2,28,30,31,32). The number of pyridine rings is 1. The second-order valence-corrected chi connectivity index (χ2v) is 10.0. The number of carbonyl (C=O) groups excluding carboxylic acids is 1. The number of carbonyl (C=O) groups is 1. The van der Waals surface area contributed by atoms with Crippen molar-refractivity contribution in [3.8, 4) is 5.75 Å². The van der Waals surface area contributed by atoms with Gasteiger partial charge in [0, 0.05) is 24.4 Å². The molecule has 3 N–H and O–H groups in total. The average molecular weight is 517 g/mol. The predicted molar refractivity (Wildman–Crippen MR) is 136 cm³/mol. The molecule has 4 aromatic rings. The van der Waals surface area contributed by atoms with Gasteiger partial charge in [0.05, 0.1) is 43.0 Å². The van der Waals surface area contributed by atoms with Crippen LogP contribution in [-0.2, 0) is 6.42 Å². The maximum Gasteiger partial charge on any atom is 0.259 e. The minimum absolute atomic E-state index is 0.334. The zero-order valence-corrected chi connectivity index (χ0v) is 20.8. The molecule has 0 saturated heterocycles. The molecule has 5 rings (SSSR count). The molecule has 0 radical (unpaired) electrons. The normalized spacial score (nSPS) is 14.1. The number of aromatic nitrogens is 3. The van der Waals surface area contributed by atoms with Gasteiger partial charge >= 0.3 is 0 Å². The van der Waals surface area contributed by atoms with Crippen molar-refractivity contribution >= 4 is 69.1 Å². The molecule has 0 fully saturated rings. The molecule has 2 aromatic heterocycles. The zero-order chi connectivity index (χ0) is 24.2. The lowest BCUT2D eigenvalue weighted by Crippen LogP contribution is -2.25. The van der Waals surface area contributed by atoms with Crippen LogP contribution < -0.4 is 15.4 Å². The van der Waals surface area contributed by atoms with E-state index in [2.05, 4.69) is 25.6 Å². The first-order valence-corrected chi connectivity index (χ1v) is 11.6. The predicted octanol–water partition coefficient (Wildman–Crippen LogP) is 6.94. The Balaban J connectivity index is 1.57. The summed E-state index contributed by atoms with van der Waals surface area (Å²) in [5.74, 6) is 0.615. The van der Waals surface area contributed by atoms with Crippen LogP contribution in [0, 0.1) is 6.92 Å². The van der Waals surface area contributed by atoms with Gasteiger partial charge in [0.1, 0.15) is 11.4 Å². The van der Waals surface area contributed by atoms with Gasteiger partial charge in [-0.05, 0) is 44.5 Å². The highest BCUT2D eigenvalue weighted by atomic mass is 35.5. The SMILES string of the molecule is Cc1ccc(NC(=O)c2cc3nc(Nc4c(Cl)cncc4Cl)[nH]c3c3c2OC(C)(C)C3)c(Cl)c1. The first-order valence-electron chi connectivity index (χ1n) is 10.5. The number of aromatic amines is 1. The molecule has 0 bridgehead atoms. The van der Waals surface area contributed by atoms with Crippen molar-refractivity contribution < 1.29 is 9.53 Å². The van der Waals surface area contributed by atoms with Gasteiger partial charge in [-0.3, -0.25) is 9.78 Å². The summed E-state index contributed by atoms with van der Waals surface area (Å²) in [4.78, 5) is 25.2. The summed E-state index contributed by atoms with van der Waals surface area (Å²) < 4.78 is 6.20. The summed E-state index contributed by atoms with van der Waals surface area (Å²) in [5, 5.41) is 7.19. The molecule has 34 heavy (non-hydrogen) atoms. The Morgan fingerprint density at radius 2 is 1.85 bits per heavy atom. The van der Waals surface area contributed by atoms with E-state index in [4.69, 9.17) is 39.5 Å². The van der Waals surface area contributed by atoms with Crippen LogP contribution in [0.3, 0.4) is 0 Å². The summed E-state index contributed by atoms with van der Waals surface area (Å²) in [6.07, 6.45) is 3.58. The number of amides is 1. The number of imidazole rings is 1. The highest BCUT2D eigenvalue weighted by Crippen LogP contribution is 2.43. The number of nitrogens with zero attached hydrogens (tertiary/aromatic N) is 2. The molecular weight excluding hydrogens is 497 g/mol. The first-order chi connectivity index (χ1) is 16.1. The molecule has 1 aliphatic heterocycles. The monoisotopic (exact) mass is 515 g/mol. The van der Waals surface area contributed by atoms with Crippen LogP contribution in [0.15, 0.2) is 36.7 Å². The summed E-state index contributed by atoms with van der Waals surface area (Å²) in [7, 11) is 0. The van der Waals surface area contributed by atoms with Gasteiger partial charge in [-0.15, -0.1) is 0 Å². The molecule has 7 nitrogen and oxygen atoms in total. The van der Waals surface area contributed by atoms with Crippen LogP contribution in [0.1, 0.15) is 35.3 Å². The number of fused-ring (bicyclic) bond motifs is 3. The lowest BCUT2D eigenvalue weighted by atomic mass is 9.98. The molecule has 0 aliphatic carbocycles. The van der Waals surface area contributed by atoms with Crippen molar-refractivity contribution in [3.63, 3.8) is 0 Å². The number of benzene rings is 2. The Labute approximate surface area is 210 Å². The quantitative estimate of drug-likeness (QED) is 0.273. The van der Waals surface area contributed by atoms with E-state index in [0.717, 1.165) is 16.6 Å². The summed E-state index contributed by atoms with van der Waals surface area (Å²) in [6.45, 7) is 5.89. The molecular formula is C24H20Cl3N5O2. The largest absolute Gasteiger partial charge is 0.486 e. The number of anilines is 3. The molecule has 1 amide bonds. The zero-order valence-electron chi connectivity index (χ0n) is 18.5. The summed E-state index contributed by atoms with van der Waals surface area (Å²) in [5.41, 5.74) is 4.15. The minimum Gasteiger partial charge on any atom is -0.486 e. The minimum atomic E-state index is -0.483. The van der Waals surface area contributed by atoms with E-state index in [0.29, 0.717) is 55.6 Å². The third kappa shape index (κ3) is 4.15. The number of nitrogens with one attached hydrogen (secondary N) is 3. The number of hydrogen-bond acceptors (Lipinski definition) is 5. The van der Waals surface area contributed by atoms with Gasteiger partial charge in [0.15, 0.2) is 0 Å². The van der Waals surface area contributed by atoms with Crippen LogP contribution in [0.4, 0.5) is 17.3 Å². The van der Waals surface area contributed by atoms with Crippen molar-refractivity contribution in [2.75, 3.05) is 10.6 Å². The van der Waals surface area contributed by atoms with E-state index in [1.54, 1.807) is 18.2 Å². The van der Waals surface area contributed by atoms with Gasteiger partial charge in [-0.25, -0.2) is 4.98 Å². The van der Waals surface area contributed by atoms with E-state index in [1.165, 1.54) is 12.4 Å². The lowest BCUT2D eigenvalue weighted by Gasteiger charge is -2.18. The lowest BCUT2D eigenvalue weighted by molar-refractivity contribution is 0.101. The van der Waals surface area contributed by atoms with Gasteiger partial charge in [0.2, 0.25) is 5.95 Å². The summed E-state index contributed by atoms with van der Waals surface area (Å²) in [6, 6.07) is 7.16. The fourth-order valence-electron chi connectivity index (χ4n) is 4.01. The number of rotatable bonds is 4. The fourth-order valence-corrected chi connectivity index (χ4v) is 4.75. The van der Waals surface area contributed by atoms with Crippen LogP contribution in [0.5, 0.6) is 5.75 Å². The van der Waals surface area contributed by atoms with E-state index in [1.807, 2.05) is 26.8 Å². The van der Waals surface area contributed by atoms with Gasteiger partial charge in [-0.2, -0.15) is 0 Å². The molecule has 10 heteroatoms. The van der Waals surface area contributed by atoms with E-state index in [-0.39, 0.29) is 5.91 Å². The third-order valence-electron chi connectivity index (χ3n) is 5.53. The second kappa shape index (κ2) is 8.34. The smallest absolute Gasteiger partial charge is 0.259 e. The van der Waals surface area contributed by atoms with Crippen LogP contribution in [-0.4, -0.2) is 26.5 Å². The fraction of sp³-hybridized carbons (Fsp3) is 0.208. The van der Waals surface area contributed by atoms with E-state index in [9.17, 15) is 4.79 Å². The van der Waals surface area contributed by atoms with Crippen LogP contribution in [0.25, 0.3) is 11.0 Å². The van der Waals surface area contributed by atoms with Crippen LogP contribution in [0.2, 0.25) is 15.1 Å². The van der Waals surface area contributed by atoms with Crippen molar-refractivity contribution in [2.24, 2.45) is 0 Å². The highest BCUT2D eigenvalue weighted by Gasteiger charge is 2.36. The molecule has 3 heterocycles. The Bertz CT molecular complexity index is 1440. The molecule has 0 atom stereocenters. The maximum absolute atomic E-state index is 13.3. The second-order valence-electron chi connectivity index (χ2n) is 8.79. The number of ether oxygens (including phenoxy) is 1. The number of aryl methyl sites for hydroxylation is 1. The molecule has 0 saturated carbocycles. The molecule has 2 aromatic carbocycles. The van der Waals surface area contributed by atoms with Crippen LogP contribution >= 0.6 is 34.8 Å². The van der Waals surface area contributed by atoms with Gasteiger partial charge < -0.3 is 20.4 Å². The average Bonchev–Trinajstić information content (AvgIpc) is 3.31.